The van der Waals surface area contributed by atoms with Gasteiger partial charge in [0.05, 0.1) is 12.3 Å². The van der Waals surface area contributed by atoms with Crippen molar-refractivity contribution in [2.45, 2.75) is 91.4 Å². The van der Waals surface area contributed by atoms with E-state index in [0.717, 1.165) is 19.3 Å². The predicted molar refractivity (Wildman–Crippen MR) is 89.0 cm³/mol. The third-order valence-corrected chi connectivity index (χ3v) is 4.44. The minimum absolute atomic E-state index is 0.0958. The summed E-state index contributed by atoms with van der Waals surface area (Å²) >= 11 is 0. The number of hydrogen-bond donors (Lipinski definition) is 2. The Morgan fingerprint density at radius 1 is 0.864 bits per heavy atom. The molecule has 0 aliphatic carbocycles. The minimum Gasteiger partial charge on any atom is -0.481 e. The molecule has 0 fully saturated rings. The second kappa shape index (κ2) is 11.5. The van der Waals surface area contributed by atoms with Crippen molar-refractivity contribution in [1.82, 2.24) is 0 Å². The van der Waals surface area contributed by atoms with Crippen LogP contribution >= 0.6 is 0 Å². The number of aliphatic carboxylic acids is 2. The van der Waals surface area contributed by atoms with Crippen molar-refractivity contribution < 1.29 is 19.8 Å². The molecular formula is C18H34O4. The average Bonchev–Trinajstić information content (AvgIpc) is 2.38. The standard InChI is InChI=1S/C18H34O4/c1-4-5-6-7-8-9-10-11-12-13-15(17(21)22)18(2,3)14-16(19)20/h15H,4-14H2,1-3H3,(H,19,20)(H,21,22). The smallest absolute Gasteiger partial charge is 0.307 e. The molecule has 0 saturated heterocycles. The lowest BCUT2D eigenvalue weighted by Crippen LogP contribution is -2.33. The number of carbonyl (C=O) groups is 2. The lowest BCUT2D eigenvalue weighted by atomic mass is 9.74. The van der Waals surface area contributed by atoms with Crippen molar-refractivity contribution in [3.05, 3.63) is 0 Å². The van der Waals surface area contributed by atoms with E-state index in [4.69, 9.17) is 5.11 Å². The summed E-state index contributed by atoms with van der Waals surface area (Å²) < 4.78 is 0. The molecule has 0 rings (SSSR count). The Bertz CT molecular complexity index is 323. The number of unbranched alkanes of at least 4 members (excludes halogenated alkanes) is 8. The Labute approximate surface area is 135 Å². The van der Waals surface area contributed by atoms with Gasteiger partial charge in [0, 0.05) is 0 Å². The molecule has 1 unspecified atom stereocenters. The summed E-state index contributed by atoms with van der Waals surface area (Å²) in [5.74, 6) is -2.37. The van der Waals surface area contributed by atoms with E-state index < -0.39 is 23.3 Å². The Morgan fingerprint density at radius 3 is 1.73 bits per heavy atom. The summed E-state index contributed by atoms with van der Waals surface area (Å²) in [4.78, 5) is 22.3. The molecule has 0 aromatic rings. The van der Waals surface area contributed by atoms with Gasteiger partial charge in [0.15, 0.2) is 0 Å². The van der Waals surface area contributed by atoms with Gasteiger partial charge in [-0.25, -0.2) is 0 Å². The highest BCUT2D eigenvalue weighted by Crippen LogP contribution is 2.34. The maximum Gasteiger partial charge on any atom is 0.307 e. The largest absolute Gasteiger partial charge is 0.481 e. The summed E-state index contributed by atoms with van der Waals surface area (Å²) in [6, 6.07) is 0. The van der Waals surface area contributed by atoms with Crippen LogP contribution in [0.1, 0.15) is 91.4 Å². The Hall–Kier alpha value is -1.06. The van der Waals surface area contributed by atoms with Gasteiger partial charge in [-0.3, -0.25) is 9.59 Å². The summed E-state index contributed by atoms with van der Waals surface area (Å²) in [7, 11) is 0. The van der Waals surface area contributed by atoms with E-state index >= 15 is 0 Å². The summed E-state index contributed by atoms with van der Waals surface area (Å²) in [6.45, 7) is 5.70. The first-order chi connectivity index (χ1) is 10.3. The van der Waals surface area contributed by atoms with E-state index in [2.05, 4.69) is 6.92 Å². The molecule has 0 saturated carbocycles. The van der Waals surface area contributed by atoms with E-state index in [-0.39, 0.29) is 6.42 Å². The highest BCUT2D eigenvalue weighted by molar-refractivity contribution is 5.73. The fraction of sp³-hybridized carbons (Fsp3) is 0.889. The molecule has 0 amide bonds. The molecule has 0 aliphatic heterocycles. The molecule has 4 heteroatoms. The number of carboxylic acids is 2. The normalized spacial score (nSPS) is 13.0. The third-order valence-electron chi connectivity index (χ3n) is 4.44. The molecule has 130 valence electrons. The number of carboxylic acid groups (broad SMARTS) is 2. The first-order valence-electron chi connectivity index (χ1n) is 8.76. The Morgan fingerprint density at radius 2 is 1.32 bits per heavy atom. The summed E-state index contributed by atoms with van der Waals surface area (Å²) in [5.41, 5.74) is -0.697. The molecule has 2 N–H and O–H groups in total. The van der Waals surface area contributed by atoms with Gasteiger partial charge in [-0.2, -0.15) is 0 Å². The molecule has 0 spiro atoms. The van der Waals surface area contributed by atoms with E-state index in [1.807, 2.05) is 0 Å². The van der Waals surface area contributed by atoms with Gasteiger partial charge in [0.2, 0.25) is 0 Å². The molecule has 1 atom stereocenters. The minimum atomic E-state index is -0.927. The summed E-state index contributed by atoms with van der Waals surface area (Å²) in [5, 5.41) is 18.3. The third kappa shape index (κ3) is 9.80. The zero-order chi connectivity index (χ0) is 17.0. The first-order valence-corrected chi connectivity index (χ1v) is 8.76. The Kier molecular flexibility index (Phi) is 10.9. The second-order valence-electron chi connectivity index (χ2n) is 7.07. The molecule has 4 nitrogen and oxygen atoms in total. The average molecular weight is 314 g/mol. The zero-order valence-corrected chi connectivity index (χ0v) is 14.6. The van der Waals surface area contributed by atoms with Crippen LogP contribution in [-0.4, -0.2) is 22.2 Å². The van der Waals surface area contributed by atoms with Crippen molar-refractivity contribution in [3.63, 3.8) is 0 Å². The predicted octanol–water partition coefficient (Wildman–Crippen LogP) is 5.11. The van der Waals surface area contributed by atoms with E-state index in [9.17, 15) is 14.7 Å². The van der Waals surface area contributed by atoms with Gasteiger partial charge in [0.1, 0.15) is 0 Å². The van der Waals surface area contributed by atoms with Crippen LogP contribution in [0, 0.1) is 11.3 Å². The molecule has 0 radical (unpaired) electrons. The molecular weight excluding hydrogens is 280 g/mol. The topological polar surface area (TPSA) is 74.6 Å². The van der Waals surface area contributed by atoms with Crippen molar-refractivity contribution in [2.24, 2.45) is 11.3 Å². The highest BCUT2D eigenvalue weighted by atomic mass is 16.4. The SMILES string of the molecule is CCCCCCCCCCCC(C(=O)O)C(C)(C)CC(=O)O. The van der Waals surface area contributed by atoms with Crippen LogP contribution in [0.5, 0.6) is 0 Å². The zero-order valence-electron chi connectivity index (χ0n) is 14.6. The van der Waals surface area contributed by atoms with Gasteiger partial charge in [-0.1, -0.05) is 78.6 Å². The summed E-state index contributed by atoms with van der Waals surface area (Å²) in [6.07, 6.45) is 11.2. The quantitative estimate of drug-likeness (QED) is 0.437. The van der Waals surface area contributed by atoms with Crippen molar-refractivity contribution in [3.8, 4) is 0 Å². The van der Waals surface area contributed by atoms with Gasteiger partial charge in [0.25, 0.3) is 0 Å². The van der Waals surface area contributed by atoms with E-state index in [1.54, 1.807) is 13.8 Å². The molecule has 0 bridgehead atoms. The monoisotopic (exact) mass is 314 g/mol. The van der Waals surface area contributed by atoms with Crippen LogP contribution in [0.4, 0.5) is 0 Å². The van der Waals surface area contributed by atoms with E-state index in [0.29, 0.717) is 6.42 Å². The van der Waals surface area contributed by atoms with Gasteiger partial charge in [-0.05, 0) is 11.8 Å². The van der Waals surface area contributed by atoms with Crippen molar-refractivity contribution in [2.75, 3.05) is 0 Å². The van der Waals surface area contributed by atoms with Crippen LogP contribution in [-0.2, 0) is 9.59 Å². The highest BCUT2D eigenvalue weighted by Gasteiger charge is 2.36. The van der Waals surface area contributed by atoms with Gasteiger partial charge < -0.3 is 10.2 Å². The molecule has 0 aromatic heterocycles. The maximum atomic E-state index is 11.4. The molecule has 22 heavy (non-hydrogen) atoms. The van der Waals surface area contributed by atoms with Crippen molar-refractivity contribution in [1.29, 1.82) is 0 Å². The second-order valence-corrected chi connectivity index (χ2v) is 7.07. The first kappa shape index (κ1) is 20.9. The molecule has 0 aromatic carbocycles. The fourth-order valence-electron chi connectivity index (χ4n) is 3.02. The van der Waals surface area contributed by atoms with Gasteiger partial charge in [-0.15, -0.1) is 0 Å². The van der Waals surface area contributed by atoms with Crippen LogP contribution in [0.25, 0.3) is 0 Å². The molecule has 0 heterocycles. The van der Waals surface area contributed by atoms with Crippen molar-refractivity contribution >= 4 is 11.9 Å². The van der Waals surface area contributed by atoms with Crippen LogP contribution in [0.2, 0.25) is 0 Å². The molecule has 0 aliphatic rings. The van der Waals surface area contributed by atoms with E-state index in [1.165, 1.54) is 38.5 Å². The number of rotatable bonds is 14. The van der Waals surface area contributed by atoms with Crippen LogP contribution in [0.15, 0.2) is 0 Å². The van der Waals surface area contributed by atoms with Gasteiger partial charge >= 0.3 is 11.9 Å². The number of hydrogen-bond acceptors (Lipinski definition) is 2. The maximum absolute atomic E-state index is 11.4. The Balaban J connectivity index is 3.93. The fourth-order valence-corrected chi connectivity index (χ4v) is 3.02. The lowest BCUT2D eigenvalue weighted by Gasteiger charge is -2.30. The van der Waals surface area contributed by atoms with Crippen LogP contribution < -0.4 is 0 Å². The van der Waals surface area contributed by atoms with Crippen LogP contribution in [0.3, 0.4) is 0 Å². The lowest BCUT2D eigenvalue weighted by molar-refractivity contribution is -0.149.